The lowest BCUT2D eigenvalue weighted by atomic mass is 9.71. The van der Waals surface area contributed by atoms with Crippen molar-refractivity contribution < 1.29 is 29.1 Å². The maximum atomic E-state index is 13.7. The number of carbonyl (C=O) groups excluding carboxylic acids is 5. The smallest absolute Gasteiger partial charge is 0.271 e. The fraction of sp³-hybridized carbons (Fsp3) is 0.475. The fourth-order valence-corrected chi connectivity index (χ4v) is 9.50. The molecule has 5 amide bonds. The van der Waals surface area contributed by atoms with Crippen molar-refractivity contribution in [2.24, 2.45) is 11.1 Å². The number of anilines is 5. The normalized spacial score (nSPS) is 25.2. The van der Waals surface area contributed by atoms with Gasteiger partial charge in [0.1, 0.15) is 11.9 Å². The highest BCUT2D eigenvalue weighted by Crippen LogP contribution is 2.46. The molecule has 17 heteroatoms. The lowest BCUT2D eigenvalue weighted by Crippen LogP contribution is -2.61. The topological polar surface area (TPSA) is 201 Å². The van der Waals surface area contributed by atoms with Crippen molar-refractivity contribution in [3.63, 3.8) is 0 Å². The highest BCUT2D eigenvalue weighted by atomic mass is 16.3. The molecular weight excluding hydrogens is 731 g/mol. The number of nitrogens with one attached hydrogen (secondary N) is 2. The second-order valence-electron chi connectivity index (χ2n) is 16.3. The number of nitrogens with two attached hydrogens (primary N) is 1. The molecule has 3 atom stereocenters. The number of primary amides is 1. The summed E-state index contributed by atoms with van der Waals surface area (Å²) < 4.78 is 0. The molecular formula is C40H47N11O6. The number of rotatable bonds is 8. The Labute approximate surface area is 329 Å². The molecule has 3 aromatic rings. The van der Waals surface area contributed by atoms with Gasteiger partial charge in [0.2, 0.25) is 11.8 Å². The van der Waals surface area contributed by atoms with Crippen molar-refractivity contribution in [2.75, 3.05) is 79.4 Å². The van der Waals surface area contributed by atoms with E-state index >= 15 is 0 Å². The Morgan fingerprint density at radius 1 is 0.930 bits per heavy atom. The van der Waals surface area contributed by atoms with Crippen LogP contribution in [0, 0.1) is 5.41 Å². The van der Waals surface area contributed by atoms with E-state index in [1.165, 1.54) is 0 Å². The number of hydrogen-bond donors (Lipinski definition) is 4. The van der Waals surface area contributed by atoms with E-state index < -0.39 is 41.9 Å². The quantitative estimate of drug-likeness (QED) is 0.239. The number of amides is 5. The zero-order valence-electron chi connectivity index (χ0n) is 31.9. The summed E-state index contributed by atoms with van der Waals surface area (Å²) in [5.41, 5.74) is 9.02. The van der Waals surface area contributed by atoms with Gasteiger partial charge in [-0.1, -0.05) is 6.07 Å². The maximum absolute atomic E-state index is 13.7. The number of imide groups is 2. The molecule has 0 bridgehead atoms. The van der Waals surface area contributed by atoms with E-state index in [1.807, 2.05) is 42.3 Å². The van der Waals surface area contributed by atoms with Crippen LogP contribution in [-0.4, -0.2) is 137 Å². The number of carbonyl (C=O) groups is 5. The van der Waals surface area contributed by atoms with E-state index in [0.717, 1.165) is 87.8 Å². The highest BCUT2D eigenvalue weighted by Gasteiger charge is 2.50. The van der Waals surface area contributed by atoms with Gasteiger partial charge in [0.05, 0.1) is 23.0 Å². The first kappa shape index (κ1) is 37.0. The predicted molar refractivity (Wildman–Crippen MR) is 210 cm³/mol. The van der Waals surface area contributed by atoms with Gasteiger partial charge < -0.3 is 30.9 Å². The monoisotopic (exact) mass is 777 g/mol. The second kappa shape index (κ2) is 14.4. The van der Waals surface area contributed by atoms with Crippen LogP contribution in [0.2, 0.25) is 0 Å². The third kappa shape index (κ3) is 6.62. The molecule has 7 heterocycles. The molecule has 6 aliphatic rings. The number of benzene rings is 2. The number of aromatic nitrogens is 2. The van der Waals surface area contributed by atoms with Crippen LogP contribution in [0.15, 0.2) is 48.7 Å². The van der Waals surface area contributed by atoms with E-state index in [4.69, 9.17) is 10.7 Å². The predicted octanol–water partition coefficient (Wildman–Crippen LogP) is 1.32. The number of nitrogens with zero attached hydrogens (tertiary/aromatic N) is 8. The summed E-state index contributed by atoms with van der Waals surface area (Å²) in [5, 5.41) is 16.2. The second-order valence-corrected chi connectivity index (χ2v) is 16.3. The van der Waals surface area contributed by atoms with E-state index in [9.17, 15) is 29.1 Å². The molecule has 0 radical (unpaired) electrons. The van der Waals surface area contributed by atoms with E-state index in [0.29, 0.717) is 35.0 Å². The molecule has 5 saturated heterocycles. The molecule has 5 N–H and O–H groups in total. The largest absolute Gasteiger partial charge is 0.371 e. The Bertz CT molecular complexity index is 2130. The van der Waals surface area contributed by atoms with Gasteiger partial charge in [-0.05, 0) is 75.5 Å². The first-order valence-corrected chi connectivity index (χ1v) is 19.8. The van der Waals surface area contributed by atoms with Gasteiger partial charge in [0.25, 0.3) is 17.7 Å². The minimum atomic E-state index is -0.995. The first-order valence-electron chi connectivity index (χ1n) is 19.8. The fourth-order valence-electron chi connectivity index (χ4n) is 9.50. The van der Waals surface area contributed by atoms with Gasteiger partial charge in [0, 0.05) is 81.6 Å². The van der Waals surface area contributed by atoms with Crippen LogP contribution in [0.4, 0.5) is 28.7 Å². The van der Waals surface area contributed by atoms with Crippen molar-refractivity contribution >= 4 is 58.2 Å². The summed E-state index contributed by atoms with van der Waals surface area (Å²) in [6.07, 6.45) is 5.05. The summed E-state index contributed by atoms with van der Waals surface area (Å²) in [6.45, 7) is 6.35. The number of piperidine rings is 3. The Morgan fingerprint density at radius 2 is 1.70 bits per heavy atom. The molecule has 2 aromatic carbocycles. The Morgan fingerprint density at radius 3 is 2.40 bits per heavy atom. The van der Waals surface area contributed by atoms with Crippen LogP contribution in [0.3, 0.4) is 0 Å². The summed E-state index contributed by atoms with van der Waals surface area (Å²) in [6, 6.07) is 12.5. The van der Waals surface area contributed by atoms with Crippen LogP contribution in [-0.2, 0) is 9.59 Å². The number of hydrogen-bond acceptors (Lipinski definition) is 14. The molecule has 2 unspecified atom stereocenters. The van der Waals surface area contributed by atoms with Crippen LogP contribution >= 0.6 is 0 Å². The third-order valence-electron chi connectivity index (χ3n) is 12.7. The van der Waals surface area contributed by atoms with Gasteiger partial charge in [-0.25, -0.2) is 9.97 Å². The standard InChI is InChI=1S/C40H47N11O6/c1-46-18-19-50(39(46)57)26-4-3-15-48(21-26)30-20-42-33(34(41)53)35(44-30)43-24-7-9-25(10-8-24)47-16-13-40(14-17-47)22-49(23-40)28-6-2-5-27-32(28)38(56)51(37(27)55)29-11-12-31(52)45-36(29)54/h2,5-10,20,26,29,39,57H,3-4,11-19,21-23H2,1H3,(H2,41,53)(H,43,44)(H,45,52,54)/t26-,29?,39?/m0/s1. The summed E-state index contributed by atoms with van der Waals surface area (Å²) >= 11 is 0. The van der Waals surface area contributed by atoms with E-state index in [2.05, 4.69) is 35.2 Å². The molecule has 1 aromatic heterocycles. The average molecular weight is 778 g/mol. The van der Waals surface area contributed by atoms with Crippen LogP contribution < -0.4 is 31.1 Å². The van der Waals surface area contributed by atoms with Gasteiger partial charge in [-0.15, -0.1) is 0 Å². The maximum Gasteiger partial charge on any atom is 0.271 e. The van der Waals surface area contributed by atoms with Gasteiger partial charge in [0.15, 0.2) is 17.9 Å². The molecule has 6 aliphatic heterocycles. The van der Waals surface area contributed by atoms with Gasteiger partial charge in [-0.3, -0.25) is 44.0 Å². The zero-order valence-corrected chi connectivity index (χ0v) is 31.9. The van der Waals surface area contributed by atoms with E-state index in [-0.39, 0.29) is 30.0 Å². The molecule has 298 valence electrons. The Balaban J connectivity index is 0.822. The van der Waals surface area contributed by atoms with E-state index in [1.54, 1.807) is 18.3 Å². The highest BCUT2D eigenvalue weighted by molar-refractivity contribution is 6.25. The Kier molecular flexibility index (Phi) is 9.32. The van der Waals surface area contributed by atoms with Crippen molar-refractivity contribution in [3.8, 4) is 0 Å². The van der Waals surface area contributed by atoms with Crippen LogP contribution in [0.5, 0.6) is 0 Å². The van der Waals surface area contributed by atoms with Crippen molar-refractivity contribution in [1.82, 2.24) is 30.0 Å². The summed E-state index contributed by atoms with van der Waals surface area (Å²) in [4.78, 5) is 84.6. The summed E-state index contributed by atoms with van der Waals surface area (Å²) in [7, 11) is 1.92. The number of likely N-dealkylation sites (N-methyl/N-ethyl adjacent to an activating group) is 1. The number of aliphatic hydroxyl groups excluding tert-OH is 1. The molecule has 5 fully saturated rings. The van der Waals surface area contributed by atoms with Gasteiger partial charge >= 0.3 is 0 Å². The lowest BCUT2D eigenvalue weighted by Gasteiger charge is -2.55. The molecule has 17 nitrogen and oxygen atoms in total. The average Bonchev–Trinajstić information content (AvgIpc) is 3.67. The van der Waals surface area contributed by atoms with Gasteiger partial charge in [-0.2, -0.15) is 0 Å². The zero-order chi connectivity index (χ0) is 39.6. The van der Waals surface area contributed by atoms with Crippen LogP contribution in [0.1, 0.15) is 69.7 Å². The Hall–Kier alpha value is -5.65. The van der Waals surface area contributed by atoms with Crippen molar-refractivity contribution in [1.29, 1.82) is 0 Å². The molecule has 0 aliphatic carbocycles. The SMILES string of the molecule is CN1CCN([C@H]2CCCN(c3cnc(C(N)=O)c(Nc4ccc(N5CCC6(CC5)CN(c5cccc7c5C(=O)N(C5CCC(=O)NC5=O)C7=O)C6)cc4)n3)C2)C1O. The van der Waals surface area contributed by atoms with Crippen molar-refractivity contribution in [3.05, 3.63) is 65.5 Å². The summed E-state index contributed by atoms with van der Waals surface area (Å²) in [5.74, 6) is -1.72. The number of aliphatic hydroxyl groups is 1. The molecule has 0 saturated carbocycles. The molecule has 57 heavy (non-hydrogen) atoms. The first-order chi connectivity index (χ1) is 27.5. The van der Waals surface area contributed by atoms with Crippen molar-refractivity contribution in [2.45, 2.75) is 57.0 Å². The third-order valence-corrected chi connectivity index (χ3v) is 12.7. The molecule has 9 rings (SSSR count). The lowest BCUT2D eigenvalue weighted by molar-refractivity contribution is -0.136. The van der Waals surface area contributed by atoms with Crippen LogP contribution in [0.25, 0.3) is 0 Å². The number of fused-ring (bicyclic) bond motifs is 1. The minimum Gasteiger partial charge on any atom is -0.371 e. The minimum absolute atomic E-state index is 0.0620. The molecule has 1 spiro atoms.